The van der Waals surface area contributed by atoms with Gasteiger partial charge in [0.15, 0.2) is 0 Å². The van der Waals surface area contributed by atoms with Crippen molar-refractivity contribution < 1.29 is 14.0 Å². The summed E-state index contributed by atoms with van der Waals surface area (Å²) in [6, 6.07) is 4.08. The first kappa shape index (κ1) is 16.0. The highest BCUT2D eigenvalue weighted by atomic mass is 35.5. The molecule has 4 nitrogen and oxygen atoms in total. The Morgan fingerprint density at radius 2 is 2.24 bits per heavy atom. The summed E-state index contributed by atoms with van der Waals surface area (Å²) in [5.41, 5.74) is 0.502. The van der Waals surface area contributed by atoms with Crippen LogP contribution >= 0.6 is 23.2 Å². The lowest BCUT2D eigenvalue weighted by molar-refractivity contribution is -0.126. The van der Waals surface area contributed by atoms with Crippen molar-refractivity contribution >= 4 is 40.7 Å². The number of benzene rings is 1. The Morgan fingerprint density at radius 3 is 2.90 bits per heavy atom. The second-order valence-corrected chi connectivity index (χ2v) is 5.62. The van der Waals surface area contributed by atoms with Crippen molar-refractivity contribution in [3.05, 3.63) is 29.0 Å². The van der Waals surface area contributed by atoms with Gasteiger partial charge in [0.05, 0.1) is 10.9 Å². The number of amides is 2. The summed E-state index contributed by atoms with van der Waals surface area (Å²) in [5, 5.41) is 2.70. The maximum absolute atomic E-state index is 13.2. The van der Waals surface area contributed by atoms with Gasteiger partial charge in [0.25, 0.3) is 0 Å². The highest BCUT2D eigenvalue weighted by molar-refractivity contribution is 6.31. The van der Waals surface area contributed by atoms with Crippen LogP contribution in [0.3, 0.4) is 0 Å². The SMILES string of the molecule is O=C(NCCCCl)C1CC(=O)N(c2ccc(F)c(Cl)c2)C1. The molecule has 1 aromatic rings. The predicted octanol–water partition coefficient (Wildman–Crippen LogP) is 2.58. The molecular weight excluding hydrogens is 318 g/mol. The van der Waals surface area contributed by atoms with Crippen LogP contribution in [0, 0.1) is 11.7 Å². The molecule has 1 saturated heterocycles. The molecule has 0 bridgehead atoms. The molecule has 1 unspecified atom stereocenters. The van der Waals surface area contributed by atoms with Gasteiger partial charge in [-0.1, -0.05) is 11.6 Å². The Hall–Kier alpha value is -1.33. The van der Waals surface area contributed by atoms with Crippen LogP contribution in [0.1, 0.15) is 12.8 Å². The van der Waals surface area contributed by atoms with Gasteiger partial charge in [0, 0.05) is 31.1 Å². The van der Waals surface area contributed by atoms with Gasteiger partial charge in [0.2, 0.25) is 11.8 Å². The molecule has 1 N–H and O–H groups in total. The van der Waals surface area contributed by atoms with Crippen molar-refractivity contribution in [3.8, 4) is 0 Å². The van der Waals surface area contributed by atoms with Gasteiger partial charge < -0.3 is 10.2 Å². The second kappa shape index (κ2) is 7.09. The van der Waals surface area contributed by atoms with E-state index in [2.05, 4.69) is 5.32 Å². The van der Waals surface area contributed by atoms with E-state index >= 15 is 0 Å². The summed E-state index contributed by atoms with van der Waals surface area (Å²) in [5.74, 6) is -0.803. The van der Waals surface area contributed by atoms with Crippen molar-refractivity contribution in [2.45, 2.75) is 12.8 Å². The standard InChI is InChI=1S/C14H15Cl2FN2O2/c15-4-1-5-18-14(21)9-6-13(20)19(8-9)10-2-3-12(17)11(16)7-10/h2-3,7,9H,1,4-6,8H2,(H,18,21). The second-order valence-electron chi connectivity index (χ2n) is 4.84. The van der Waals surface area contributed by atoms with Gasteiger partial charge in [-0.2, -0.15) is 0 Å². The fourth-order valence-corrected chi connectivity index (χ4v) is 2.52. The number of carbonyl (C=O) groups excluding carboxylic acids is 2. The van der Waals surface area contributed by atoms with E-state index in [-0.39, 0.29) is 29.8 Å². The van der Waals surface area contributed by atoms with Crippen molar-refractivity contribution in [1.82, 2.24) is 5.32 Å². The molecule has 1 aliphatic rings. The number of nitrogens with zero attached hydrogens (tertiary/aromatic N) is 1. The lowest BCUT2D eigenvalue weighted by atomic mass is 10.1. The molecule has 1 aliphatic heterocycles. The largest absolute Gasteiger partial charge is 0.356 e. The van der Waals surface area contributed by atoms with Crippen LogP contribution in [-0.4, -0.2) is 30.8 Å². The fraction of sp³-hybridized carbons (Fsp3) is 0.429. The Kier molecular flexibility index (Phi) is 5.42. The van der Waals surface area contributed by atoms with Gasteiger partial charge in [-0.25, -0.2) is 4.39 Å². The molecule has 7 heteroatoms. The molecule has 0 saturated carbocycles. The van der Waals surface area contributed by atoms with E-state index in [1.807, 2.05) is 0 Å². The van der Waals surface area contributed by atoms with Crippen LogP contribution in [-0.2, 0) is 9.59 Å². The Bertz CT molecular complexity index is 554. The number of anilines is 1. The summed E-state index contributed by atoms with van der Waals surface area (Å²) in [6.07, 6.45) is 0.826. The third-order valence-corrected chi connectivity index (χ3v) is 3.88. The Balaban J connectivity index is 2.02. The molecule has 1 atom stereocenters. The molecular formula is C14H15Cl2FN2O2. The predicted molar refractivity (Wildman–Crippen MR) is 80.2 cm³/mol. The maximum Gasteiger partial charge on any atom is 0.227 e. The van der Waals surface area contributed by atoms with Crippen molar-refractivity contribution in [3.63, 3.8) is 0 Å². The quantitative estimate of drug-likeness (QED) is 0.665. The summed E-state index contributed by atoms with van der Waals surface area (Å²) in [7, 11) is 0. The normalized spacial score (nSPS) is 18.1. The van der Waals surface area contributed by atoms with Gasteiger partial charge >= 0.3 is 0 Å². The zero-order valence-corrected chi connectivity index (χ0v) is 12.8. The fourth-order valence-electron chi connectivity index (χ4n) is 2.21. The van der Waals surface area contributed by atoms with E-state index in [1.54, 1.807) is 0 Å². The Morgan fingerprint density at radius 1 is 1.48 bits per heavy atom. The molecule has 1 heterocycles. The molecule has 1 fully saturated rings. The van der Waals surface area contributed by atoms with Crippen LogP contribution in [0.2, 0.25) is 5.02 Å². The van der Waals surface area contributed by atoms with Crippen LogP contribution in [0.4, 0.5) is 10.1 Å². The molecule has 0 radical (unpaired) electrons. The van der Waals surface area contributed by atoms with Gasteiger partial charge in [-0.05, 0) is 24.6 Å². The van der Waals surface area contributed by atoms with Crippen LogP contribution in [0.25, 0.3) is 0 Å². The molecule has 114 valence electrons. The molecule has 0 spiro atoms. The van der Waals surface area contributed by atoms with Crippen LogP contribution < -0.4 is 10.2 Å². The third kappa shape index (κ3) is 3.86. The first-order valence-electron chi connectivity index (χ1n) is 6.62. The number of nitrogens with one attached hydrogen (secondary N) is 1. The van der Waals surface area contributed by atoms with Gasteiger partial charge in [-0.3, -0.25) is 9.59 Å². The van der Waals surface area contributed by atoms with Crippen molar-refractivity contribution in [2.24, 2.45) is 5.92 Å². The third-order valence-electron chi connectivity index (χ3n) is 3.32. The van der Waals surface area contributed by atoms with Crippen molar-refractivity contribution in [2.75, 3.05) is 23.9 Å². The zero-order valence-electron chi connectivity index (χ0n) is 11.2. The molecule has 2 amide bonds. The smallest absolute Gasteiger partial charge is 0.227 e. The highest BCUT2D eigenvalue weighted by Crippen LogP contribution is 2.28. The van der Waals surface area contributed by atoms with E-state index in [0.717, 1.165) is 0 Å². The lowest BCUT2D eigenvalue weighted by Crippen LogP contribution is -2.33. The highest BCUT2D eigenvalue weighted by Gasteiger charge is 2.35. The van der Waals surface area contributed by atoms with E-state index in [4.69, 9.17) is 23.2 Å². The van der Waals surface area contributed by atoms with E-state index in [0.29, 0.717) is 24.5 Å². The minimum Gasteiger partial charge on any atom is -0.356 e. The number of hydrogen-bond donors (Lipinski definition) is 1. The first-order chi connectivity index (χ1) is 10.0. The van der Waals surface area contributed by atoms with Crippen LogP contribution in [0.15, 0.2) is 18.2 Å². The minimum atomic E-state index is -0.539. The number of halogens is 3. The number of alkyl halides is 1. The zero-order chi connectivity index (χ0) is 15.4. The topological polar surface area (TPSA) is 49.4 Å². The average molecular weight is 333 g/mol. The van der Waals surface area contributed by atoms with Gasteiger partial charge in [-0.15, -0.1) is 11.6 Å². The number of carbonyl (C=O) groups is 2. The number of rotatable bonds is 5. The summed E-state index contributed by atoms with van der Waals surface area (Å²) >= 11 is 11.3. The molecule has 21 heavy (non-hydrogen) atoms. The van der Waals surface area contributed by atoms with Gasteiger partial charge in [0.1, 0.15) is 5.82 Å². The van der Waals surface area contributed by atoms with E-state index in [9.17, 15) is 14.0 Å². The molecule has 2 rings (SSSR count). The van der Waals surface area contributed by atoms with Crippen molar-refractivity contribution in [1.29, 1.82) is 0 Å². The summed E-state index contributed by atoms with van der Waals surface area (Å²) in [4.78, 5) is 25.4. The number of hydrogen-bond acceptors (Lipinski definition) is 2. The monoisotopic (exact) mass is 332 g/mol. The lowest BCUT2D eigenvalue weighted by Gasteiger charge is -2.17. The van der Waals surface area contributed by atoms with Crippen LogP contribution in [0.5, 0.6) is 0 Å². The average Bonchev–Trinajstić information content (AvgIpc) is 2.84. The molecule has 1 aromatic carbocycles. The molecule has 0 aliphatic carbocycles. The Labute approximate surface area is 132 Å². The summed E-state index contributed by atoms with van der Waals surface area (Å²) < 4.78 is 13.2. The minimum absolute atomic E-state index is 0.0460. The first-order valence-corrected chi connectivity index (χ1v) is 7.53. The summed E-state index contributed by atoms with van der Waals surface area (Å²) in [6.45, 7) is 0.767. The van der Waals surface area contributed by atoms with E-state index < -0.39 is 11.7 Å². The molecule has 0 aromatic heterocycles. The van der Waals surface area contributed by atoms with E-state index in [1.165, 1.54) is 23.1 Å². The maximum atomic E-state index is 13.2.